The summed E-state index contributed by atoms with van der Waals surface area (Å²) in [5.74, 6) is -0.889. The number of hydrogen-bond acceptors (Lipinski definition) is 1. The molecule has 0 aliphatic rings. The number of hydrogen-bond donors (Lipinski definition) is 1. The molecule has 0 aromatic heterocycles. The molecule has 0 atom stereocenters. The summed E-state index contributed by atoms with van der Waals surface area (Å²) in [5, 5.41) is 8.35. The molecule has 1 N–H and O–H groups in total. The van der Waals surface area contributed by atoms with Crippen molar-refractivity contribution in [3.63, 3.8) is 0 Å². The maximum absolute atomic E-state index is 10.2. The van der Waals surface area contributed by atoms with Gasteiger partial charge in [-0.3, -0.25) is 0 Å². The lowest BCUT2D eigenvalue weighted by Crippen LogP contribution is -2.22. The number of rotatable bonds is 2. The lowest BCUT2D eigenvalue weighted by Gasteiger charge is -2.09. The molecular weight excluding hydrogens is 320 g/mol. The van der Waals surface area contributed by atoms with Crippen molar-refractivity contribution in [2.45, 2.75) is 16.6 Å². The van der Waals surface area contributed by atoms with E-state index in [0.29, 0.717) is 6.42 Å². The van der Waals surface area contributed by atoms with Crippen molar-refractivity contribution in [1.29, 1.82) is 0 Å². The van der Waals surface area contributed by atoms with Gasteiger partial charge in [0.2, 0.25) is 0 Å². The molecule has 0 bridgehead atoms. The fourth-order valence-corrected chi connectivity index (χ4v) is 0.151. The van der Waals surface area contributed by atoms with Crippen LogP contribution in [-0.2, 0) is 4.79 Å². The summed E-state index contributed by atoms with van der Waals surface area (Å²) in [4.78, 5) is 10.2. The molecule has 0 spiro atoms. The maximum atomic E-state index is 10.2. The fourth-order valence-electron chi connectivity index (χ4n) is 0.151. The first kappa shape index (κ1) is 12.6. The number of aliphatic carboxylic acids is 1. The van der Waals surface area contributed by atoms with Crippen LogP contribution in [-0.4, -0.2) is 14.3 Å². The molecule has 0 rings (SSSR count). The van der Waals surface area contributed by atoms with E-state index < -0.39 is 9.20 Å². The lowest BCUT2D eigenvalue weighted by atomic mass is 10.3. The van der Waals surface area contributed by atoms with Gasteiger partial charge in [0, 0.05) is 0 Å². The van der Waals surface area contributed by atoms with Crippen LogP contribution in [0.25, 0.3) is 0 Å². The second-order valence-electron chi connectivity index (χ2n) is 1.36. The van der Waals surface area contributed by atoms with Gasteiger partial charge in [0.1, 0.15) is 0 Å². The standard InChI is InChI=1S/C4H6Br2O2.BrH/c1-2-4(5,6)3(7)8;/h2H2,1H3,(H,7,8);1H. The molecule has 0 saturated carbocycles. The normalized spacial score (nSPS) is 10.1. The summed E-state index contributed by atoms with van der Waals surface area (Å²) >= 11 is 5.92. The Bertz CT molecular complexity index is 102. The monoisotopic (exact) mass is 324 g/mol. The molecule has 9 heavy (non-hydrogen) atoms. The molecule has 0 unspecified atom stereocenters. The molecule has 0 saturated heterocycles. The Morgan fingerprint density at radius 2 is 2.00 bits per heavy atom. The molecular formula is C4H7Br3O2. The lowest BCUT2D eigenvalue weighted by molar-refractivity contribution is -0.137. The van der Waals surface area contributed by atoms with Crippen LogP contribution in [0.5, 0.6) is 0 Å². The van der Waals surface area contributed by atoms with Crippen molar-refractivity contribution >= 4 is 54.8 Å². The predicted octanol–water partition coefficient (Wildman–Crippen LogP) is 2.54. The number of halogens is 3. The Kier molecular flexibility index (Phi) is 6.54. The van der Waals surface area contributed by atoms with E-state index in [2.05, 4.69) is 31.9 Å². The van der Waals surface area contributed by atoms with Gasteiger partial charge in [-0.2, -0.15) is 0 Å². The number of carboxylic acid groups (broad SMARTS) is 1. The molecule has 0 aliphatic heterocycles. The highest BCUT2D eigenvalue weighted by Gasteiger charge is 2.29. The van der Waals surface area contributed by atoms with Crippen molar-refractivity contribution in [2.24, 2.45) is 0 Å². The summed E-state index contributed by atoms with van der Waals surface area (Å²) in [7, 11) is 0. The first-order chi connectivity index (χ1) is 3.50. The van der Waals surface area contributed by atoms with Gasteiger partial charge < -0.3 is 5.11 Å². The summed E-state index contributed by atoms with van der Waals surface area (Å²) in [6, 6.07) is 0. The van der Waals surface area contributed by atoms with Crippen molar-refractivity contribution < 1.29 is 9.90 Å². The van der Waals surface area contributed by atoms with Crippen molar-refractivity contribution in [3.8, 4) is 0 Å². The highest BCUT2D eigenvalue weighted by atomic mass is 79.9. The third-order valence-corrected chi connectivity index (χ3v) is 2.56. The summed E-state index contributed by atoms with van der Waals surface area (Å²) < 4.78 is -0.917. The minimum absolute atomic E-state index is 0. The Balaban J connectivity index is 0. The van der Waals surface area contributed by atoms with E-state index in [9.17, 15) is 4.79 Å². The highest BCUT2D eigenvalue weighted by molar-refractivity contribution is 9.25. The Labute approximate surface area is 81.0 Å². The smallest absolute Gasteiger partial charge is 0.331 e. The zero-order valence-electron chi connectivity index (χ0n) is 4.73. The Hall–Kier alpha value is 0.910. The molecule has 0 aromatic rings. The molecule has 0 heterocycles. The Morgan fingerprint density at radius 3 is 2.00 bits per heavy atom. The number of alkyl halides is 2. The maximum Gasteiger partial charge on any atom is 0.331 e. The van der Waals surface area contributed by atoms with Crippen LogP contribution in [0.15, 0.2) is 0 Å². The van der Waals surface area contributed by atoms with E-state index in [1.807, 2.05) is 0 Å². The van der Waals surface area contributed by atoms with E-state index >= 15 is 0 Å². The van der Waals surface area contributed by atoms with Gasteiger partial charge in [0.15, 0.2) is 3.23 Å². The SMILES string of the molecule is Br.CCC(Br)(Br)C(=O)O. The van der Waals surface area contributed by atoms with Crippen LogP contribution in [0.1, 0.15) is 13.3 Å². The molecule has 0 aromatic carbocycles. The zero-order chi connectivity index (χ0) is 6.78. The molecule has 2 nitrogen and oxygen atoms in total. The second-order valence-corrected chi connectivity index (χ2v) is 5.13. The largest absolute Gasteiger partial charge is 0.480 e. The highest BCUT2D eigenvalue weighted by Crippen LogP contribution is 2.29. The quantitative estimate of drug-likeness (QED) is 0.792. The molecule has 0 aliphatic carbocycles. The summed E-state index contributed by atoms with van der Waals surface area (Å²) in [5.41, 5.74) is 0. The van der Waals surface area contributed by atoms with E-state index in [0.717, 1.165) is 0 Å². The van der Waals surface area contributed by atoms with Gasteiger partial charge in [0.05, 0.1) is 0 Å². The van der Waals surface area contributed by atoms with Crippen molar-refractivity contribution in [2.75, 3.05) is 0 Å². The van der Waals surface area contributed by atoms with Crippen LogP contribution >= 0.6 is 48.8 Å². The number of carbonyl (C=O) groups is 1. The van der Waals surface area contributed by atoms with Gasteiger partial charge in [-0.1, -0.05) is 38.8 Å². The van der Waals surface area contributed by atoms with Crippen molar-refractivity contribution in [3.05, 3.63) is 0 Å². The minimum Gasteiger partial charge on any atom is -0.480 e. The molecule has 5 heteroatoms. The van der Waals surface area contributed by atoms with Crippen LogP contribution < -0.4 is 0 Å². The van der Waals surface area contributed by atoms with Crippen LogP contribution in [0, 0.1) is 0 Å². The van der Waals surface area contributed by atoms with E-state index in [1.165, 1.54) is 0 Å². The minimum atomic E-state index is -0.917. The van der Waals surface area contributed by atoms with Crippen molar-refractivity contribution in [1.82, 2.24) is 0 Å². The predicted molar refractivity (Wildman–Crippen MR) is 48.8 cm³/mol. The van der Waals surface area contributed by atoms with Gasteiger partial charge in [-0.05, 0) is 6.42 Å². The first-order valence-electron chi connectivity index (χ1n) is 2.12. The third kappa shape index (κ3) is 4.33. The molecule has 0 amide bonds. The Morgan fingerprint density at radius 1 is 1.67 bits per heavy atom. The van der Waals surface area contributed by atoms with Crippen LogP contribution in [0.3, 0.4) is 0 Å². The van der Waals surface area contributed by atoms with Gasteiger partial charge in [-0.15, -0.1) is 17.0 Å². The van der Waals surface area contributed by atoms with Crippen LogP contribution in [0.2, 0.25) is 0 Å². The summed E-state index contributed by atoms with van der Waals surface area (Å²) in [6.07, 6.45) is 0.516. The topological polar surface area (TPSA) is 37.3 Å². The molecule has 56 valence electrons. The number of carboxylic acids is 1. The van der Waals surface area contributed by atoms with Crippen LogP contribution in [0.4, 0.5) is 0 Å². The van der Waals surface area contributed by atoms with E-state index in [1.54, 1.807) is 6.92 Å². The fraction of sp³-hybridized carbons (Fsp3) is 0.750. The van der Waals surface area contributed by atoms with Gasteiger partial charge in [0.25, 0.3) is 0 Å². The average Bonchev–Trinajstić information content (AvgIpc) is 1.67. The zero-order valence-corrected chi connectivity index (χ0v) is 9.61. The van der Waals surface area contributed by atoms with Gasteiger partial charge >= 0.3 is 5.97 Å². The van der Waals surface area contributed by atoms with E-state index in [4.69, 9.17) is 5.11 Å². The molecule has 0 radical (unpaired) electrons. The van der Waals surface area contributed by atoms with Gasteiger partial charge in [-0.25, -0.2) is 4.79 Å². The summed E-state index contributed by atoms with van der Waals surface area (Å²) in [6.45, 7) is 1.78. The molecule has 0 fully saturated rings. The second kappa shape index (κ2) is 4.68. The third-order valence-electron chi connectivity index (χ3n) is 0.757. The van der Waals surface area contributed by atoms with E-state index in [-0.39, 0.29) is 17.0 Å². The first-order valence-corrected chi connectivity index (χ1v) is 3.70. The average molecular weight is 327 g/mol.